The highest BCUT2D eigenvalue weighted by molar-refractivity contribution is 7.90. The maximum Gasteiger partial charge on any atom is 0.265 e. The molecule has 4 nitrogen and oxygen atoms in total. The zero-order chi connectivity index (χ0) is 12.5. The number of sulfonamides is 1. The van der Waals surface area contributed by atoms with Crippen LogP contribution in [0, 0.1) is 0 Å². The molecule has 17 heavy (non-hydrogen) atoms. The van der Waals surface area contributed by atoms with Crippen molar-refractivity contribution in [3.8, 4) is 0 Å². The third-order valence-electron chi connectivity index (χ3n) is 2.49. The van der Waals surface area contributed by atoms with Crippen LogP contribution < -0.4 is 4.72 Å². The molecular weight excluding hydrogens is 260 g/mol. The normalized spacial score (nSPS) is 16.9. The third-order valence-corrected chi connectivity index (χ3v) is 4.13. The van der Waals surface area contributed by atoms with Gasteiger partial charge in [-0.25, -0.2) is 13.4 Å². The Morgan fingerprint density at radius 1 is 1.41 bits per heavy atom. The van der Waals surface area contributed by atoms with Crippen molar-refractivity contribution >= 4 is 33.1 Å². The molecular formula is C11H13ClN2O2S. The summed E-state index contributed by atoms with van der Waals surface area (Å²) < 4.78 is 26.4. The first-order valence-corrected chi connectivity index (χ1v) is 7.29. The van der Waals surface area contributed by atoms with E-state index in [2.05, 4.69) is 9.71 Å². The number of unbranched alkanes of at least 4 members (excludes halogenated alkanes) is 1. The molecule has 1 aliphatic heterocycles. The summed E-state index contributed by atoms with van der Waals surface area (Å²) in [6.45, 7) is 2.05. The van der Waals surface area contributed by atoms with E-state index in [-0.39, 0.29) is 4.90 Å². The highest BCUT2D eigenvalue weighted by atomic mass is 35.5. The number of fused-ring (bicyclic) bond motifs is 1. The van der Waals surface area contributed by atoms with Crippen molar-refractivity contribution in [3.05, 3.63) is 23.2 Å². The Hall–Kier alpha value is -1.07. The number of rotatable bonds is 3. The molecule has 1 heterocycles. The molecule has 0 aromatic heterocycles. The SMILES string of the molecule is CCCCC1=Nc2ccc(Cl)cc2S(=O)(=O)N1. The van der Waals surface area contributed by atoms with E-state index in [9.17, 15) is 8.42 Å². The van der Waals surface area contributed by atoms with E-state index in [0.717, 1.165) is 12.8 Å². The molecule has 0 unspecified atom stereocenters. The molecule has 1 N–H and O–H groups in total. The summed E-state index contributed by atoms with van der Waals surface area (Å²) in [6, 6.07) is 4.68. The fraction of sp³-hybridized carbons (Fsp3) is 0.364. The maximum atomic E-state index is 11.9. The van der Waals surface area contributed by atoms with Crippen molar-refractivity contribution in [2.75, 3.05) is 0 Å². The molecule has 92 valence electrons. The molecule has 0 amide bonds. The lowest BCUT2D eigenvalue weighted by Gasteiger charge is -2.17. The van der Waals surface area contributed by atoms with Crippen molar-refractivity contribution in [3.63, 3.8) is 0 Å². The summed E-state index contributed by atoms with van der Waals surface area (Å²) in [7, 11) is -3.51. The van der Waals surface area contributed by atoms with E-state index in [1.807, 2.05) is 6.92 Å². The van der Waals surface area contributed by atoms with Gasteiger partial charge in [0.1, 0.15) is 10.7 Å². The zero-order valence-corrected chi connectivity index (χ0v) is 11.0. The Morgan fingerprint density at radius 2 is 2.18 bits per heavy atom. The van der Waals surface area contributed by atoms with Gasteiger partial charge in [-0.3, -0.25) is 4.72 Å². The molecule has 0 aliphatic carbocycles. The molecule has 0 bridgehead atoms. The summed E-state index contributed by atoms with van der Waals surface area (Å²) in [4.78, 5) is 4.43. The van der Waals surface area contributed by atoms with Gasteiger partial charge in [0, 0.05) is 11.4 Å². The molecule has 0 saturated heterocycles. The molecule has 1 aliphatic rings. The van der Waals surface area contributed by atoms with Gasteiger partial charge in [-0.05, 0) is 24.6 Å². The highest BCUT2D eigenvalue weighted by Gasteiger charge is 2.25. The Labute approximate surface area is 106 Å². The lowest BCUT2D eigenvalue weighted by Crippen LogP contribution is -2.33. The van der Waals surface area contributed by atoms with Crippen molar-refractivity contribution < 1.29 is 8.42 Å². The number of aliphatic imine (C=N–C) groups is 1. The largest absolute Gasteiger partial charge is 0.267 e. The molecule has 0 saturated carbocycles. The van der Waals surface area contributed by atoms with Crippen molar-refractivity contribution in [2.45, 2.75) is 31.1 Å². The summed E-state index contributed by atoms with van der Waals surface area (Å²) in [6.07, 6.45) is 2.54. The summed E-state index contributed by atoms with van der Waals surface area (Å²) in [5.41, 5.74) is 0.458. The Balaban J connectivity index is 2.44. The van der Waals surface area contributed by atoms with Gasteiger partial charge in [0.15, 0.2) is 0 Å². The number of benzene rings is 1. The fourth-order valence-electron chi connectivity index (χ4n) is 1.63. The number of nitrogens with zero attached hydrogens (tertiary/aromatic N) is 1. The zero-order valence-electron chi connectivity index (χ0n) is 9.40. The number of hydrogen-bond donors (Lipinski definition) is 1. The Morgan fingerprint density at radius 3 is 2.88 bits per heavy atom. The lowest BCUT2D eigenvalue weighted by atomic mass is 10.2. The van der Waals surface area contributed by atoms with E-state index in [1.165, 1.54) is 6.07 Å². The summed E-state index contributed by atoms with van der Waals surface area (Å²) in [5.74, 6) is 0.502. The van der Waals surface area contributed by atoms with Crippen LogP contribution in [0.3, 0.4) is 0 Å². The van der Waals surface area contributed by atoms with Gasteiger partial charge in [-0.2, -0.15) is 0 Å². The molecule has 1 aromatic carbocycles. The minimum atomic E-state index is -3.51. The smallest absolute Gasteiger partial charge is 0.265 e. The van der Waals surface area contributed by atoms with Gasteiger partial charge in [0.2, 0.25) is 0 Å². The molecule has 6 heteroatoms. The molecule has 1 aromatic rings. The van der Waals surface area contributed by atoms with Crippen LogP contribution in [0.15, 0.2) is 28.1 Å². The molecule has 2 rings (SSSR count). The van der Waals surface area contributed by atoms with Gasteiger partial charge >= 0.3 is 0 Å². The van der Waals surface area contributed by atoms with Crippen LogP contribution in [-0.4, -0.2) is 14.3 Å². The second-order valence-electron chi connectivity index (χ2n) is 3.88. The topological polar surface area (TPSA) is 58.5 Å². The first-order valence-electron chi connectivity index (χ1n) is 5.43. The van der Waals surface area contributed by atoms with Crippen LogP contribution in [0.4, 0.5) is 5.69 Å². The quantitative estimate of drug-likeness (QED) is 0.920. The molecule has 0 fully saturated rings. The average molecular weight is 273 g/mol. The second kappa shape index (κ2) is 4.66. The average Bonchev–Trinajstić information content (AvgIpc) is 2.27. The number of hydrogen-bond acceptors (Lipinski definition) is 3. The summed E-state index contributed by atoms with van der Waals surface area (Å²) >= 11 is 5.78. The standard InChI is InChI=1S/C11H13ClN2O2S/c1-2-3-4-11-13-9-6-5-8(12)7-10(9)17(15,16)14-11/h5-7H,2-4H2,1H3,(H,13,14). The van der Waals surface area contributed by atoms with Gasteiger partial charge < -0.3 is 0 Å². The predicted octanol–water partition coefficient (Wildman–Crippen LogP) is 2.85. The van der Waals surface area contributed by atoms with E-state index in [1.54, 1.807) is 12.1 Å². The van der Waals surface area contributed by atoms with Gasteiger partial charge in [-0.15, -0.1) is 0 Å². The van der Waals surface area contributed by atoms with Crippen molar-refractivity contribution in [1.29, 1.82) is 0 Å². The van der Waals surface area contributed by atoms with E-state index in [0.29, 0.717) is 23.0 Å². The number of amidine groups is 1. The van der Waals surface area contributed by atoms with Crippen LogP contribution in [0.5, 0.6) is 0 Å². The second-order valence-corrected chi connectivity index (χ2v) is 5.97. The molecule has 0 spiro atoms. The number of nitrogens with one attached hydrogen (secondary N) is 1. The number of halogens is 1. The maximum absolute atomic E-state index is 11.9. The fourth-order valence-corrected chi connectivity index (χ4v) is 3.10. The van der Waals surface area contributed by atoms with Crippen LogP contribution in [0.2, 0.25) is 5.02 Å². The summed E-state index contributed by atoms with van der Waals surface area (Å²) in [5, 5.41) is 0.390. The minimum Gasteiger partial charge on any atom is -0.267 e. The van der Waals surface area contributed by atoms with E-state index < -0.39 is 10.0 Å². The van der Waals surface area contributed by atoms with Crippen LogP contribution in [0.1, 0.15) is 26.2 Å². The highest BCUT2D eigenvalue weighted by Crippen LogP contribution is 2.30. The molecule has 0 radical (unpaired) electrons. The first kappa shape index (κ1) is 12.4. The van der Waals surface area contributed by atoms with Gasteiger partial charge in [0.25, 0.3) is 10.0 Å². The van der Waals surface area contributed by atoms with Gasteiger partial charge in [-0.1, -0.05) is 24.9 Å². The van der Waals surface area contributed by atoms with Crippen molar-refractivity contribution in [1.82, 2.24) is 4.72 Å². The van der Waals surface area contributed by atoms with E-state index in [4.69, 9.17) is 11.6 Å². The van der Waals surface area contributed by atoms with Crippen LogP contribution >= 0.6 is 11.6 Å². The van der Waals surface area contributed by atoms with Crippen molar-refractivity contribution in [2.24, 2.45) is 4.99 Å². The third kappa shape index (κ3) is 2.61. The van der Waals surface area contributed by atoms with Crippen LogP contribution in [0.25, 0.3) is 0 Å². The minimum absolute atomic E-state index is 0.144. The van der Waals surface area contributed by atoms with Crippen LogP contribution in [-0.2, 0) is 10.0 Å². The van der Waals surface area contributed by atoms with Gasteiger partial charge in [0.05, 0.1) is 5.69 Å². The monoisotopic (exact) mass is 272 g/mol. The molecule has 0 atom stereocenters. The Bertz CT molecular complexity index is 567. The predicted molar refractivity (Wildman–Crippen MR) is 68.4 cm³/mol. The van der Waals surface area contributed by atoms with E-state index >= 15 is 0 Å². The Kier molecular flexibility index (Phi) is 3.40. The lowest BCUT2D eigenvalue weighted by molar-refractivity contribution is 0.591. The first-order chi connectivity index (χ1) is 8.03.